The third-order valence-electron chi connectivity index (χ3n) is 28.7. The molecular weight excluding hydrogens is 2000 g/mol. The second-order valence-corrected chi connectivity index (χ2v) is 38.7. The lowest BCUT2D eigenvalue weighted by atomic mass is 9.74. The molecule has 8 aliphatic rings. The molecule has 0 N–H and O–H groups in total. The molecule has 8 aromatic carbocycles. The molecule has 0 atom stereocenters. The summed E-state index contributed by atoms with van der Waals surface area (Å²) in [4.78, 5) is 0. The molecule has 12 nitrogen and oxygen atoms in total. The van der Waals surface area contributed by atoms with E-state index in [1.54, 1.807) is 0 Å². The Morgan fingerprint density at radius 2 is 0.397 bits per heavy atom. The Morgan fingerprint density at radius 3 is 0.582 bits per heavy atom. The molecule has 4 saturated heterocycles. The molecule has 804 valence electrons. The predicted molar refractivity (Wildman–Crippen MR) is 472 cm³/mol. The van der Waals surface area contributed by atoms with Gasteiger partial charge in [0.1, 0.15) is 91.8 Å². The second kappa shape index (κ2) is 50.5. The average molecular weight is 2110 g/mol. The van der Waals surface area contributed by atoms with Gasteiger partial charge in [-0.2, -0.15) is 35.1 Å². The van der Waals surface area contributed by atoms with Crippen molar-refractivity contribution >= 4 is 0 Å². The van der Waals surface area contributed by atoms with Gasteiger partial charge in [-0.1, -0.05) is 143 Å². The first-order valence-electron chi connectivity index (χ1n) is 49.1. The zero-order valence-electron chi connectivity index (χ0n) is 80.0. The average Bonchev–Trinajstić information content (AvgIpc) is 0.784. The zero-order valence-corrected chi connectivity index (χ0v) is 80.0. The Bertz CT molecular complexity index is 5450. The molecule has 0 aromatic heterocycles. The van der Waals surface area contributed by atoms with Crippen LogP contribution in [-0.2, 0) is 62.3 Å². The molecule has 4 heterocycles. The highest BCUT2D eigenvalue weighted by molar-refractivity contribution is 5.37. The van der Waals surface area contributed by atoms with Crippen LogP contribution in [0.2, 0.25) is 0 Å². The maximum absolute atomic E-state index is 14.7. The van der Waals surface area contributed by atoms with Gasteiger partial charge in [0.15, 0.2) is 95.0 Å². The van der Waals surface area contributed by atoms with Gasteiger partial charge < -0.3 is 56.8 Å². The molecule has 0 radical (unpaired) electrons. The number of hydrogen-bond donors (Lipinski definition) is 0. The van der Waals surface area contributed by atoms with Crippen molar-refractivity contribution in [1.29, 1.82) is 0 Å². The van der Waals surface area contributed by atoms with Crippen molar-refractivity contribution in [1.82, 2.24) is 0 Å². The lowest BCUT2D eigenvalue weighted by Gasteiger charge is -2.38. The summed E-state index contributed by atoms with van der Waals surface area (Å²) >= 11 is 0. The van der Waals surface area contributed by atoms with Crippen LogP contribution in [0.3, 0.4) is 0 Å². The monoisotopic (exact) mass is 2110 g/mol. The third kappa shape index (κ3) is 28.9. The fourth-order valence-corrected chi connectivity index (χ4v) is 20.6. The number of rotatable bonds is 30. The van der Waals surface area contributed by atoms with Crippen LogP contribution in [0.25, 0.3) is 0 Å². The topological polar surface area (TPSA) is 111 Å². The van der Waals surface area contributed by atoms with Crippen LogP contribution in [0.1, 0.15) is 264 Å². The summed E-state index contributed by atoms with van der Waals surface area (Å²) in [6.07, 6.45) is 6.89. The Hall–Kier alpha value is -9.32. The van der Waals surface area contributed by atoms with E-state index in [9.17, 15) is 123 Å². The molecule has 4 saturated carbocycles. The van der Waals surface area contributed by atoms with Crippen molar-refractivity contribution in [3.05, 3.63) is 258 Å². The molecule has 0 unspecified atom stereocenters. The summed E-state index contributed by atoms with van der Waals surface area (Å²) in [6.45, 7) is 11.3. The van der Waals surface area contributed by atoms with Gasteiger partial charge in [-0.3, -0.25) is 0 Å². The number of halogens is 28. The van der Waals surface area contributed by atoms with Crippen LogP contribution in [0.5, 0.6) is 23.0 Å². The van der Waals surface area contributed by atoms with Gasteiger partial charge in [0.2, 0.25) is 0 Å². The molecular formula is C106H112F28O12. The number of unbranched alkanes of at least 4 members (excludes halogenated alkanes) is 3. The van der Waals surface area contributed by atoms with Crippen molar-refractivity contribution in [3.63, 3.8) is 0 Å². The first-order chi connectivity index (χ1) is 69.3. The van der Waals surface area contributed by atoms with E-state index >= 15 is 0 Å². The van der Waals surface area contributed by atoms with Gasteiger partial charge in [0.25, 0.3) is 0 Å². The van der Waals surface area contributed by atoms with E-state index in [1.807, 2.05) is 0 Å². The van der Waals surface area contributed by atoms with Crippen LogP contribution in [0, 0.1) is 187 Å². The minimum atomic E-state index is -4.65. The predicted octanol–water partition coefficient (Wildman–Crippen LogP) is 31.9. The van der Waals surface area contributed by atoms with Crippen LogP contribution in [0.15, 0.2) is 97.1 Å². The standard InChI is InChI=1S/C28H31F7O3.C27H29F7O3.C26H27F7O3.C25H25F7O3/c1-2-3-4-5-16-6-8-17(9-7-16)19-14-36-27(37-15-19)18-10-21(29)25(22(30)11-18)28(34,35)38-20-12-23(31)26(33)24(32)13-20;1-2-3-4-15-5-7-16(8-6-15)18-13-35-26(36-14-18)17-9-20(28)24(21(29)10-17)27(33,34)37-19-11-22(30)25(32)23(31)12-19;1-2-3-14-4-6-15(7-5-14)17-12-34-25(35-13-17)16-8-19(27)23(20(28)9-16)26(32,33)36-18-10-21(29)24(31)22(30)11-18;1-2-13-3-5-14(6-4-13)16-11-33-24(34-12-16)15-7-18(26)22(19(27)8-15)25(31,32)35-17-9-20(28)23(30)21(29)10-17/h10-13,16-17,19,27H,2-9,14-15H2,1H3;9-12,15-16,18,26H,2-8,13-14H2,1H3;8-11,14-15,17,25H,2-7,12-13H2,1H3;7-10,13-14,16,24H,2-6,11-12H2,1H3. The summed E-state index contributed by atoms with van der Waals surface area (Å²) in [5, 5.41) is 0. The summed E-state index contributed by atoms with van der Waals surface area (Å²) < 4.78 is 454. The molecule has 4 aliphatic carbocycles. The van der Waals surface area contributed by atoms with Gasteiger partial charge in [0.05, 0.1) is 52.9 Å². The van der Waals surface area contributed by atoms with E-state index in [-0.39, 0.29) is 94.5 Å². The van der Waals surface area contributed by atoms with Gasteiger partial charge in [0, 0.05) is 94.5 Å². The minimum Gasteiger partial charge on any atom is -0.429 e. The maximum atomic E-state index is 14.7. The highest BCUT2D eigenvalue weighted by atomic mass is 19.3. The number of benzene rings is 8. The Kier molecular flexibility index (Phi) is 39.4. The summed E-state index contributed by atoms with van der Waals surface area (Å²) in [5.41, 5.74) is -7.60. The number of hydrogen-bond acceptors (Lipinski definition) is 12. The number of alkyl halides is 8. The molecule has 8 fully saturated rings. The molecule has 146 heavy (non-hydrogen) atoms. The van der Waals surface area contributed by atoms with Crippen molar-refractivity contribution < 1.29 is 180 Å². The van der Waals surface area contributed by atoms with E-state index in [0.29, 0.717) is 125 Å². The lowest BCUT2D eigenvalue weighted by molar-refractivity contribution is -0.215. The second-order valence-electron chi connectivity index (χ2n) is 38.7. The van der Waals surface area contributed by atoms with Gasteiger partial charge >= 0.3 is 24.4 Å². The molecule has 0 bridgehead atoms. The summed E-state index contributed by atoms with van der Waals surface area (Å²) in [5.74, 6) is -34.5. The Labute approximate surface area is 825 Å². The van der Waals surface area contributed by atoms with Crippen molar-refractivity contribution in [2.45, 2.75) is 244 Å². The highest BCUT2D eigenvalue weighted by Gasteiger charge is 2.49. The third-order valence-corrected chi connectivity index (χ3v) is 28.7. The highest BCUT2D eigenvalue weighted by Crippen LogP contribution is 2.50. The smallest absolute Gasteiger partial charge is 0.429 e. The van der Waals surface area contributed by atoms with Gasteiger partial charge in [-0.15, -0.1) is 0 Å². The zero-order chi connectivity index (χ0) is 106. The van der Waals surface area contributed by atoms with Gasteiger partial charge in [-0.25, -0.2) is 87.8 Å². The van der Waals surface area contributed by atoms with E-state index in [4.69, 9.17) is 37.9 Å². The fourth-order valence-electron chi connectivity index (χ4n) is 20.6. The van der Waals surface area contributed by atoms with Crippen LogP contribution in [-0.4, -0.2) is 52.9 Å². The maximum Gasteiger partial charge on any atom is 0.432 e. The normalized spacial score (nSPS) is 24.9. The van der Waals surface area contributed by atoms with E-state index in [2.05, 4.69) is 46.6 Å². The van der Waals surface area contributed by atoms with Crippen molar-refractivity contribution in [2.75, 3.05) is 52.9 Å². The first kappa shape index (κ1) is 114. The number of ether oxygens (including phenoxy) is 12. The largest absolute Gasteiger partial charge is 0.432 e. The van der Waals surface area contributed by atoms with Gasteiger partial charge in [-0.05, 0) is 147 Å². The van der Waals surface area contributed by atoms with Crippen molar-refractivity contribution in [2.24, 2.45) is 71.0 Å². The van der Waals surface area contributed by atoms with Crippen molar-refractivity contribution in [3.8, 4) is 23.0 Å². The molecule has 16 rings (SSSR count). The van der Waals surface area contributed by atoms with E-state index in [1.165, 1.54) is 70.6 Å². The lowest BCUT2D eigenvalue weighted by Crippen LogP contribution is -2.34. The molecule has 0 amide bonds. The quantitative estimate of drug-likeness (QED) is 0.0243. The SMILES string of the molecule is CCC1CCC(C2COC(c3cc(F)c(C(F)(F)Oc4cc(F)c(F)c(F)c4)c(F)c3)OC2)CC1.CCCC1CCC(C2COC(c3cc(F)c(C(F)(F)Oc4cc(F)c(F)c(F)c4)c(F)c3)OC2)CC1.CCCCC1CCC(C2COC(c3cc(F)c(C(F)(F)Oc4cc(F)c(F)c(F)c4)c(F)c3)OC2)CC1.CCCCCC1CCC(C2COC(c3cc(F)c(C(F)(F)Oc4cc(F)c(F)c(F)c4)c(F)c3)OC2)CC1. The van der Waals surface area contributed by atoms with E-state index < -0.39 is 211 Å². The first-order valence-corrected chi connectivity index (χ1v) is 49.1. The van der Waals surface area contributed by atoms with Crippen LogP contribution < -0.4 is 18.9 Å². The Balaban J connectivity index is 0.000000163. The minimum absolute atomic E-state index is 0.128. The van der Waals surface area contributed by atoms with Crippen LogP contribution in [0.4, 0.5) is 123 Å². The molecule has 8 aromatic rings. The molecule has 0 spiro atoms. The fraction of sp³-hybridized carbons (Fsp3) is 0.547. The molecule has 4 aliphatic heterocycles. The summed E-state index contributed by atoms with van der Waals surface area (Å²) in [6, 6.07) is 6.31. The van der Waals surface area contributed by atoms with E-state index in [0.717, 1.165) is 120 Å². The Morgan fingerprint density at radius 1 is 0.212 bits per heavy atom. The van der Waals surface area contributed by atoms with Crippen LogP contribution >= 0.6 is 0 Å². The summed E-state index contributed by atoms with van der Waals surface area (Å²) in [7, 11) is 0. The molecule has 40 heteroatoms.